The lowest BCUT2D eigenvalue weighted by Crippen LogP contribution is -2.18. The summed E-state index contributed by atoms with van der Waals surface area (Å²) in [6.07, 6.45) is 0. The van der Waals surface area contributed by atoms with Crippen molar-refractivity contribution in [3.63, 3.8) is 0 Å². The van der Waals surface area contributed by atoms with Gasteiger partial charge in [0.2, 0.25) is 0 Å². The van der Waals surface area contributed by atoms with E-state index in [1.165, 1.54) is 0 Å². The molecule has 0 aliphatic rings. The summed E-state index contributed by atoms with van der Waals surface area (Å²) in [5, 5.41) is 1.27. The van der Waals surface area contributed by atoms with E-state index in [0.717, 1.165) is 11.1 Å². The Morgan fingerprint density at radius 2 is 0.912 bits per heavy atom. The molecule has 0 aliphatic heterocycles. The zero-order valence-corrected chi connectivity index (χ0v) is 18.9. The maximum Gasteiger partial charge on any atom is 0.349 e. The molecule has 4 aromatic carbocycles. The molecule has 0 fully saturated rings. The second-order valence-corrected chi connectivity index (χ2v) is 7.66. The van der Waals surface area contributed by atoms with Gasteiger partial charge in [-0.2, -0.15) is 0 Å². The van der Waals surface area contributed by atoms with E-state index in [0.29, 0.717) is 33.8 Å². The van der Waals surface area contributed by atoms with E-state index in [4.69, 9.17) is 18.9 Å². The second-order valence-electron chi connectivity index (χ2n) is 7.66. The van der Waals surface area contributed by atoms with Crippen LogP contribution in [0.5, 0.6) is 23.0 Å². The minimum atomic E-state index is -0.537. The van der Waals surface area contributed by atoms with Gasteiger partial charge in [0, 0.05) is 10.8 Å². The highest BCUT2D eigenvalue weighted by atomic mass is 16.6. The van der Waals surface area contributed by atoms with Crippen molar-refractivity contribution in [3.05, 3.63) is 96.1 Å². The molecule has 0 saturated heterocycles. The van der Waals surface area contributed by atoms with Crippen LogP contribution in [-0.4, -0.2) is 25.2 Å². The predicted molar refractivity (Wildman–Crippen MR) is 129 cm³/mol. The highest BCUT2D eigenvalue weighted by Gasteiger charge is 2.14. The highest BCUT2D eigenvalue weighted by molar-refractivity contribution is 5.96. The molecule has 0 atom stereocenters. The van der Waals surface area contributed by atoms with Crippen molar-refractivity contribution >= 4 is 22.7 Å². The Morgan fingerprint density at radius 1 is 0.529 bits per heavy atom. The maximum atomic E-state index is 12.4. The van der Waals surface area contributed by atoms with E-state index in [9.17, 15) is 9.59 Å². The van der Waals surface area contributed by atoms with Crippen LogP contribution < -0.4 is 18.9 Å². The quantitative estimate of drug-likeness (QED) is 0.260. The first kappa shape index (κ1) is 22.9. The van der Waals surface area contributed by atoms with Crippen molar-refractivity contribution in [2.75, 3.05) is 13.2 Å². The Hall–Kier alpha value is -4.32. The summed E-state index contributed by atoms with van der Waals surface area (Å²) < 4.78 is 22.2. The fourth-order valence-electron chi connectivity index (χ4n) is 3.44. The molecule has 0 bridgehead atoms. The number of para-hydroxylation sites is 2. The first-order valence-corrected chi connectivity index (χ1v) is 10.8. The van der Waals surface area contributed by atoms with Crippen molar-refractivity contribution in [2.24, 2.45) is 0 Å². The van der Waals surface area contributed by atoms with Crippen LogP contribution >= 0.6 is 0 Å². The van der Waals surface area contributed by atoms with Crippen LogP contribution in [0.1, 0.15) is 11.1 Å². The molecule has 0 heterocycles. The first-order valence-electron chi connectivity index (χ1n) is 10.8. The molecule has 34 heavy (non-hydrogen) atoms. The van der Waals surface area contributed by atoms with Gasteiger partial charge < -0.3 is 18.9 Å². The van der Waals surface area contributed by atoms with Crippen LogP contribution in [0.25, 0.3) is 10.8 Å². The monoisotopic (exact) mass is 456 g/mol. The second kappa shape index (κ2) is 10.5. The predicted octanol–water partition coefficient (Wildman–Crippen LogP) is 5.43. The largest absolute Gasteiger partial charge is 0.482 e. The van der Waals surface area contributed by atoms with E-state index in [1.54, 1.807) is 48.5 Å². The number of carbonyl (C=O) groups excluding carboxylic acids is 2. The molecule has 0 radical (unpaired) electrons. The number of carbonyl (C=O) groups is 2. The fourth-order valence-corrected chi connectivity index (χ4v) is 3.44. The summed E-state index contributed by atoms with van der Waals surface area (Å²) in [6, 6.07) is 25.3. The number of aryl methyl sites for hydroxylation is 2. The molecule has 172 valence electrons. The number of hydrogen-bond acceptors (Lipinski definition) is 6. The lowest BCUT2D eigenvalue weighted by atomic mass is 10.1. The van der Waals surface area contributed by atoms with E-state index < -0.39 is 11.9 Å². The zero-order chi connectivity index (χ0) is 23.9. The summed E-state index contributed by atoms with van der Waals surface area (Å²) in [5.74, 6) is 0.878. The maximum absolute atomic E-state index is 12.4. The van der Waals surface area contributed by atoms with Crippen molar-refractivity contribution in [3.8, 4) is 23.0 Å². The zero-order valence-electron chi connectivity index (χ0n) is 18.9. The van der Waals surface area contributed by atoms with Crippen LogP contribution in [0, 0.1) is 13.8 Å². The summed E-state index contributed by atoms with van der Waals surface area (Å²) in [6.45, 7) is 3.35. The summed E-state index contributed by atoms with van der Waals surface area (Å²) in [7, 11) is 0. The molecule has 6 heteroatoms. The minimum Gasteiger partial charge on any atom is -0.482 e. The third kappa shape index (κ3) is 5.53. The van der Waals surface area contributed by atoms with E-state index in [-0.39, 0.29) is 13.2 Å². The number of ether oxygens (including phenoxy) is 4. The SMILES string of the molecule is Cc1ccccc1OCC(=O)Oc1cccc2c(OC(=O)COc3ccccc3C)cccc12. The minimum absolute atomic E-state index is 0.230. The van der Waals surface area contributed by atoms with Crippen molar-refractivity contribution < 1.29 is 28.5 Å². The van der Waals surface area contributed by atoms with Crippen molar-refractivity contribution in [2.45, 2.75) is 13.8 Å². The standard InChI is InChI=1S/C28H24O6/c1-19-9-3-5-13-23(19)31-17-27(29)33-25-15-7-12-22-21(25)11-8-16-26(22)34-28(30)18-32-24-14-6-4-10-20(24)2/h3-16H,17-18H2,1-2H3. The Kier molecular flexibility index (Phi) is 7.08. The molecule has 0 unspecified atom stereocenters. The van der Waals surface area contributed by atoms with E-state index >= 15 is 0 Å². The number of esters is 2. The number of rotatable bonds is 8. The molecule has 0 spiro atoms. The average molecular weight is 456 g/mol. The third-order valence-corrected chi connectivity index (χ3v) is 5.17. The Morgan fingerprint density at radius 3 is 1.32 bits per heavy atom. The van der Waals surface area contributed by atoms with Gasteiger partial charge in [0.15, 0.2) is 13.2 Å². The fraction of sp³-hybridized carbons (Fsp3) is 0.143. The van der Waals surface area contributed by atoms with Crippen LogP contribution in [0.3, 0.4) is 0 Å². The molecular formula is C28H24O6. The van der Waals surface area contributed by atoms with Gasteiger partial charge in [0.05, 0.1) is 0 Å². The van der Waals surface area contributed by atoms with Crippen LogP contribution in [0.2, 0.25) is 0 Å². The van der Waals surface area contributed by atoms with Gasteiger partial charge in [-0.25, -0.2) is 9.59 Å². The highest BCUT2D eigenvalue weighted by Crippen LogP contribution is 2.32. The van der Waals surface area contributed by atoms with E-state index in [1.807, 2.05) is 50.2 Å². The van der Waals surface area contributed by atoms with Gasteiger partial charge in [-0.15, -0.1) is 0 Å². The number of benzene rings is 4. The van der Waals surface area contributed by atoms with Gasteiger partial charge in [-0.05, 0) is 49.2 Å². The van der Waals surface area contributed by atoms with Crippen molar-refractivity contribution in [1.29, 1.82) is 0 Å². The Bertz CT molecular complexity index is 1220. The molecule has 4 aromatic rings. The summed E-state index contributed by atoms with van der Waals surface area (Å²) >= 11 is 0. The van der Waals surface area contributed by atoms with Crippen LogP contribution in [-0.2, 0) is 9.59 Å². The molecule has 4 rings (SSSR count). The molecule has 0 aliphatic carbocycles. The van der Waals surface area contributed by atoms with Gasteiger partial charge in [-0.1, -0.05) is 60.7 Å². The van der Waals surface area contributed by atoms with Gasteiger partial charge in [0.1, 0.15) is 23.0 Å². The number of fused-ring (bicyclic) bond motifs is 1. The molecule has 0 amide bonds. The van der Waals surface area contributed by atoms with Crippen LogP contribution in [0.15, 0.2) is 84.9 Å². The molecule has 0 aromatic heterocycles. The average Bonchev–Trinajstić information content (AvgIpc) is 2.84. The normalized spacial score (nSPS) is 10.5. The third-order valence-electron chi connectivity index (χ3n) is 5.17. The summed E-state index contributed by atoms with van der Waals surface area (Å²) in [5.41, 5.74) is 1.86. The van der Waals surface area contributed by atoms with E-state index in [2.05, 4.69) is 0 Å². The molecule has 0 saturated carbocycles. The molecular weight excluding hydrogens is 432 g/mol. The van der Waals surface area contributed by atoms with Gasteiger partial charge in [-0.3, -0.25) is 0 Å². The van der Waals surface area contributed by atoms with Gasteiger partial charge >= 0.3 is 11.9 Å². The molecule has 6 nitrogen and oxygen atoms in total. The number of hydrogen-bond donors (Lipinski definition) is 0. The van der Waals surface area contributed by atoms with Crippen LogP contribution in [0.4, 0.5) is 0 Å². The van der Waals surface area contributed by atoms with Crippen molar-refractivity contribution in [1.82, 2.24) is 0 Å². The molecule has 0 N–H and O–H groups in total. The summed E-state index contributed by atoms with van der Waals surface area (Å²) in [4.78, 5) is 24.8. The topological polar surface area (TPSA) is 71.1 Å². The lowest BCUT2D eigenvalue weighted by molar-refractivity contribution is -0.137. The van der Waals surface area contributed by atoms with Gasteiger partial charge in [0.25, 0.3) is 0 Å². The Balaban J connectivity index is 1.43. The smallest absolute Gasteiger partial charge is 0.349 e. The lowest BCUT2D eigenvalue weighted by Gasteiger charge is -2.13. The first-order chi connectivity index (χ1) is 16.5. The Labute approximate surface area is 197 Å².